The van der Waals surface area contributed by atoms with E-state index >= 15 is 0 Å². The van der Waals surface area contributed by atoms with E-state index in [4.69, 9.17) is 9.47 Å². The fourth-order valence-corrected chi connectivity index (χ4v) is 5.34. The number of nitrogens with one attached hydrogen (secondary N) is 2. The zero-order chi connectivity index (χ0) is 31.1. The lowest BCUT2D eigenvalue weighted by Gasteiger charge is -2.26. The molecule has 0 bridgehead atoms. The Morgan fingerprint density at radius 1 is 1.07 bits per heavy atom. The van der Waals surface area contributed by atoms with Gasteiger partial charge in [0.15, 0.2) is 5.82 Å². The molecule has 1 aliphatic heterocycles. The molecule has 0 amide bonds. The van der Waals surface area contributed by atoms with Gasteiger partial charge in [-0.3, -0.25) is 20.0 Å². The van der Waals surface area contributed by atoms with Crippen molar-refractivity contribution in [2.45, 2.75) is 39.3 Å². The number of carboxylic acid groups (broad SMARTS) is 1. The number of pyridine rings is 2. The van der Waals surface area contributed by atoms with Crippen molar-refractivity contribution in [3.8, 4) is 16.9 Å². The number of aliphatic carboxylic acids is 1. The third kappa shape index (κ3) is 7.16. The Hall–Kier alpha value is -4.09. The van der Waals surface area contributed by atoms with Gasteiger partial charge in [-0.05, 0) is 79.3 Å². The van der Waals surface area contributed by atoms with Crippen molar-refractivity contribution in [1.29, 1.82) is 0 Å². The standard InChI is InChI=1S/C34H41N5O5/c1-23-27(28-8-5-10-30(24(28)2)44-16-6-13-39-14-17-43-18-15-39)7-4-9-29(23)38-32-31-26(11-12-35-32)19-25(20-36-31)21-37-34(3,22-40)33(41)42/h4-5,7-12,19-20,37,40H,6,13-18,21-22H2,1-3H3,(H,35,38)(H,41,42). The van der Waals surface area contributed by atoms with Crippen molar-refractivity contribution in [2.75, 3.05) is 51.4 Å². The number of rotatable bonds is 13. The van der Waals surface area contributed by atoms with Crippen LogP contribution in [0.25, 0.3) is 22.0 Å². The maximum atomic E-state index is 11.5. The molecule has 2 aromatic carbocycles. The van der Waals surface area contributed by atoms with Crippen LogP contribution in [0.2, 0.25) is 0 Å². The predicted octanol–water partition coefficient (Wildman–Crippen LogP) is 4.68. The normalized spacial score (nSPS) is 15.2. The van der Waals surface area contributed by atoms with E-state index in [1.807, 2.05) is 36.4 Å². The van der Waals surface area contributed by atoms with Gasteiger partial charge in [0.2, 0.25) is 0 Å². The predicted molar refractivity (Wildman–Crippen MR) is 172 cm³/mol. The Bertz CT molecular complexity index is 1610. The Balaban J connectivity index is 1.30. The number of ether oxygens (including phenoxy) is 2. The molecule has 232 valence electrons. The molecule has 0 radical (unpaired) electrons. The molecule has 4 aromatic rings. The van der Waals surface area contributed by atoms with Crippen molar-refractivity contribution in [3.63, 3.8) is 0 Å². The Morgan fingerprint density at radius 3 is 2.57 bits per heavy atom. The van der Waals surface area contributed by atoms with E-state index < -0.39 is 18.1 Å². The lowest BCUT2D eigenvalue weighted by Crippen LogP contribution is -2.52. The number of nitrogens with zero attached hydrogens (tertiary/aromatic N) is 3. The maximum absolute atomic E-state index is 11.5. The molecule has 3 heterocycles. The van der Waals surface area contributed by atoms with E-state index in [9.17, 15) is 15.0 Å². The van der Waals surface area contributed by atoms with Gasteiger partial charge in [0, 0.05) is 49.6 Å². The van der Waals surface area contributed by atoms with Crippen LogP contribution in [0.5, 0.6) is 5.75 Å². The maximum Gasteiger partial charge on any atom is 0.326 e. The SMILES string of the molecule is Cc1c(Nc2nccc3cc(CNC(C)(CO)C(=O)O)cnc23)cccc1-c1cccc(OCCCN2CCOCC2)c1C. The number of aliphatic hydroxyl groups is 1. The van der Waals surface area contributed by atoms with Gasteiger partial charge in [0.1, 0.15) is 16.8 Å². The molecule has 1 saturated heterocycles. The van der Waals surface area contributed by atoms with Gasteiger partial charge >= 0.3 is 5.97 Å². The van der Waals surface area contributed by atoms with Crippen molar-refractivity contribution < 1.29 is 24.5 Å². The average molecular weight is 600 g/mol. The monoisotopic (exact) mass is 599 g/mol. The number of hydrogen-bond donors (Lipinski definition) is 4. The molecule has 1 unspecified atom stereocenters. The summed E-state index contributed by atoms with van der Waals surface area (Å²) in [5.74, 6) is 0.410. The fourth-order valence-electron chi connectivity index (χ4n) is 5.34. The number of benzene rings is 2. The molecule has 2 aromatic heterocycles. The third-order valence-electron chi connectivity index (χ3n) is 8.27. The highest BCUT2D eigenvalue weighted by molar-refractivity contribution is 5.91. The Morgan fingerprint density at radius 2 is 1.82 bits per heavy atom. The van der Waals surface area contributed by atoms with E-state index in [-0.39, 0.29) is 6.54 Å². The van der Waals surface area contributed by atoms with Crippen LogP contribution in [0.3, 0.4) is 0 Å². The van der Waals surface area contributed by atoms with Crippen LogP contribution in [0, 0.1) is 13.8 Å². The van der Waals surface area contributed by atoms with Crippen LogP contribution in [0.15, 0.2) is 60.9 Å². The van der Waals surface area contributed by atoms with Gasteiger partial charge in [0.25, 0.3) is 0 Å². The fraction of sp³-hybridized carbons (Fsp3) is 0.382. The minimum absolute atomic E-state index is 0.245. The zero-order valence-corrected chi connectivity index (χ0v) is 25.6. The van der Waals surface area contributed by atoms with E-state index in [0.29, 0.717) is 17.9 Å². The first kappa shape index (κ1) is 31.3. The molecule has 5 rings (SSSR count). The van der Waals surface area contributed by atoms with Crippen molar-refractivity contribution in [3.05, 3.63) is 77.6 Å². The zero-order valence-electron chi connectivity index (χ0n) is 25.6. The minimum Gasteiger partial charge on any atom is -0.493 e. The van der Waals surface area contributed by atoms with Crippen LogP contribution < -0.4 is 15.4 Å². The summed E-state index contributed by atoms with van der Waals surface area (Å²) in [7, 11) is 0. The van der Waals surface area contributed by atoms with E-state index in [1.54, 1.807) is 12.4 Å². The van der Waals surface area contributed by atoms with Crippen molar-refractivity contribution in [1.82, 2.24) is 20.2 Å². The first-order valence-electron chi connectivity index (χ1n) is 15.0. The molecule has 0 saturated carbocycles. The van der Waals surface area contributed by atoms with Gasteiger partial charge in [-0.2, -0.15) is 0 Å². The summed E-state index contributed by atoms with van der Waals surface area (Å²) in [4.78, 5) is 23.2. The molecule has 1 atom stereocenters. The first-order chi connectivity index (χ1) is 21.3. The summed E-state index contributed by atoms with van der Waals surface area (Å²) < 4.78 is 11.7. The summed E-state index contributed by atoms with van der Waals surface area (Å²) in [5, 5.41) is 26.2. The highest BCUT2D eigenvalue weighted by Crippen LogP contribution is 2.36. The van der Waals surface area contributed by atoms with Gasteiger partial charge in [-0.15, -0.1) is 0 Å². The molecular weight excluding hydrogens is 558 g/mol. The van der Waals surface area contributed by atoms with Crippen LogP contribution in [0.4, 0.5) is 11.5 Å². The molecule has 1 aliphatic rings. The average Bonchev–Trinajstić information content (AvgIpc) is 3.04. The van der Waals surface area contributed by atoms with Crippen LogP contribution >= 0.6 is 0 Å². The lowest BCUT2D eigenvalue weighted by molar-refractivity contribution is -0.145. The van der Waals surface area contributed by atoms with E-state index in [1.165, 1.54) is 6.92 Å². The molecule has 4 N–H and O–H groups in total. The van der Waals surface area contributed by atoms with Gasteiger partial charge in [-0.25, -0.2) is 4.98 Å². The second kappa shape index (κ2) is 14.1. The number of carboxylic acids is 1. The highest BCUT2D eigenvalue weighted by Gasteiger charge is 2.31. The third-order valence-corrected chi connectivity index (χ3v) is 8.27. The summed E-state index contributed by atoms with van der Waals surface area (Å²) >= 11 is 0. The molecule has 0 spiro atoms. The molecule has 0 aliphatic carbocycles. The number of anilines is 2. The highest BCUT2D eigenvalue weighted by atomic mass is 16.5. The number of carbonyl (C=O) groups is 1. The minimum atomic E-state index is -1.44. The lowest BCUT2D eigenvalue weighted by atomic mass is 9.95. The number of hydrogen-bond acceptors (Lipinski definition) is 9. The van der Waals surface area contributed by atoms with Crippen molar-refractivity contribution in [2.24, 2.45) is 0 Å². The quantitative estimate of drug-likeness (QED) is 0.161. The summed E-state index contributed by atoms with van der Waals surface area (Å²) in [5.41, 5.74) is 5.40. The second-order valence-corrected chi connectivity index (χ2v) is 11.4. The number of aromatic nitrogens is 2. The van der Waals surface area contributed by atoms with Gasteiger partial charge in [-0.1, -0.05) is 24.3 Å². The topological polar surface area (TPSA) is 129 Å². The largest absolute Gasteiger partial charge is 0.493 e. The molecule has 10 heteroatoms. The summed E-state index contributed by atoms with van der Waals surface area (Å²) in [6.45, 7) is 10.6. The molecule has 44 heavy (non-hydrogen) atoms. The van der Waals surface area contributed by atoms with Crippen LogP contribution in [-0.4, -0.2) is 82.7 Å². The second-order valence-electron chi connectivity index (χ2n) is 11.4. The van der Waals surface area contributed by atoms with E-state index in [2.05, 4.69) is 51.5 Å². The van der Waals surface area contributed by atoms with Crippen LogP contribution in [-0.2, 0) is 16.1 Å². The van der Waals surface area contributed by atoms with Gasteiger partial charge < -0.3 is 25.0 Å². The van der Waals surface area contributed by atoms with Gasteiger partial charge in [0.05, 0.1) is 26.4 Å². The molecule has 10 nitrogen and oxygen atoms in total. The first-order valence-corrected chi connectivity index (χ1v) is 15.0. The Labute approximate surface area is 258 Å². The molecule has 1 fully saturated rings. The Kier molecular flexibility index (Phi) is 10.1. The summed E-state index contributed by atoms with van der Waals surface area (Å²) in [6.07, 6.45) is 4.39. The smallest absolute Gasteiger partial charge is 0.326 e. The molecular formula is C34H41N5O5. The number of morpholine rings is 1. The van der Waals surface area contributed by atoms with Crippen molar-refractivity contribution >= 4 is 28.4 Å². The number of fused-ring (bicyclic) bond motifs is 1. The number of aliphatic hydroxyl groups excluding tert-OH is 1. The summed E-state index contributed by atoms with van der Waals surface area (Å²) in [6, 6.07) is 16.2. The van der Waals surface area contributed by atoms with E-state index in [0.717, 1.165) is 83.9 Å². The van der Waals surface area contributed by atoms with Crippen LogP contribution in [0.1, 0.15) is 30.0 Å².